The molecule has 1 fully saturated rings. The summed E-state index contributed by atoms with van der Waals surface area (Å²) in [6.07, 6.45) is 12.6. The van der Waals surface area contributed by atoms with Gasteiger partial charge in [0.25, 0.3) is 0 Å². The highest BCUT2D eigenvalue weighted by Gasteiger charge is 2.51. The standard InChI is InChI=1S/C20H38NO4/c1-4-5-6-12-15-20(21(24)19(2,3)17-25-20)16-13-10-8-7-9-11-14-18(22)23/h4-17H2,1-3H3,(H,22,23). The van der Waals surface area contributed by atoms with Crippen molar-refractivity contribution in [3.8, 4) is 0 Å². The molecule has 1 aliphatic rings. The molecule has 0 saturated carbocycles. The fourth-order valence-corrected chi connectivity index (χ4v) is 3.66. The van der Waals surface area contributed by atoms with Gasteiger partial charge in [-0.2, -0.15) is 0 Å². The van der Waals surface area contributed by atoms with E-state index in [0.29, 0.717) is 6.61 Å². The summed E-state index contributed by atoms with van der Waals surface area (Å²) in [4.78, 5) is 10.5. The summed E-state index contributed by atoms with van der Waals surface area (Å²) in [6.45, 7) is 6.65. The average molecular weight is 357 g/mol. The normalized spacial score (nSPS) is 23.2. The van der Waals surface area contributed by atoms with Crippen molar-refractivity contribution < 1.29 is 19.8 Å². The van der Waals surface area contributed by atoms with Gasteiger partial charge in [0.1, 0.15) is 5.72 Å². The Labute approximate surface area is 153 Å². The molecule has 1 saturated heterocycles. The Balaban J connectivity index is 2.33. The molecule has 25 heavy (non-hydrogen) atoms. The van der Waals surface area contributed by atoms with Crippen LogP contribution in [0.5, 0.6) is 0 Å². The van der Waals surface area contributed by atoms with E-state index in [-0.39, 0.29) is 6.42 Å². The molecule has 1 rings (SSSR count). The van der Waals surface area contributed by atoms with Crippen LogP contribution in [-0.4, -0.2) is 34.0 Å². The Hall–Kier alpha value is -0.650. The van der Waals surface area contributed by atoms with Gasteiger partial charge in [-0.3, -0.25) is 4.79 Å². The quantitative estimate of drug-likeness (QED) is 0.428. The lowest BCUT2D eigenvalue weighted by atomic mass is 9.95. The number of carbonyl (C=O) groups is 1. The molecule has 0 aromatic rings. The molecule has 0 amide bonds. The first kappa shape index (κ1) is 22.4. The molecule has 1 aliphatic heterocycles. The van der Waals surface area contributed by atoms with Crippen LogP contribution in [0.2, 0.25) is 0 Å². The minimum Gasteiger partial charge on any atom is -0.481 e. The van der Waals surface area contributed by atoms with Crippen LogP contribution in [0, 0.1) is 0 Å². The highest BCUT2D eigenvalue weighted by Crippen LogP contribution is 2.40. The molecule has 0 aliphatic carbocycles. The number of carboxylic acid groups (broad SMARTS) is 1. The predicted molar refractivity (Wildman–Crippen MR) is 98.6 cm³/mol. The topological polar surface area (TPSA) is 69.7 Å². The first-order valence-electron chi connectivity index (χ1n) is 10.2. The second kappa shape index (κ2) is 11.1. The van der Waals surface area contributed by atoms with Crippen LogP contribution in [0.3, 0.4) is 0 Å². The minimum atomic E-state index is -0.707. The number of hydrogen-bond acceptors (Lipinski definition) is 3. The van der Waals surface area contributed by atoms with E-state index in [1.807, 2.05) is 13.8 Å². The van der Waals surface area contributed by atoms with E-state index in [1.165, 1.54) is 24.3 Å². The molecule has 5 heteroatoms. The zero-order chi connectivity index (χ0) is 18.8. The maximum Gasteiger partial charge on any atom is 0.303 e. The largest absolute Gasteiger partial charge is 0.481 e. The van der Waals surface area contributed by atoms with E-state index < -0.39 is 17.2 Å². The van der Waals surface area contributed by atoms with Crippen molar-refractivity contribution in [2.24, 2.45) is 0 Å². The van der Waals surface area contributed by atoms with Crippen LogP contribution in [0.1, 0.15) is 104 Å². The molecule has 5 nitrogen and oxygen atoms in total. The zero-order valence-electron chi connectivity index (χ0n) is 16.5. The molecule has 1 unspecified atom stereocenters. The van der Waals surface area contributed by atoms with Gasteiger partial charge in [-0.15, -0.1) is 10.3 Å². The van der Waals surface area contributed by atoms with E-state index in [0.717, 1.165) is 57.8 Å². The number of unbranched alkanes of at least 4 members (excludes halogenated alkanes) is 8. The molecule has 1 N–H and O–H groups in total. The number of aliphatic carboxylic acids is 1. The van der Waals surface area contributed by atoms with Crippen LogP contribution in [0.15, 0.2) is 0 Å². The fourth-order valence-electron chi connectivity index (χ4n) is 3.66. The Kier molecular flexibility index (Phi) is 9.98. The van der Waals surface area contributed by atoms with E-state index in [4.69, 9.17) is 9.84 Å². The summed E-state index contributed by atoms with van der Waals surface area (Å²) < 4.78 is 6.07. The molecular weight excluding hydrogens is 318 g/mol. The van der Waals surface area contributed by atoms with Crippen LogP contribution >= 0.6 is 0 Å². The molecule has 147 valence electrons. The lowest BCUT2D eigenvalue weighted by Gasteiger charge is -2.35. The first-order valence-corrected chi connectivity index (χ1v) is 10.2. The second-order valence-corrected chi connectivity index (χ2v) is 8.17. The van der Waals surface area contributed by atoms with E-state index >= 15 is 0 Å². The summed E-state index contributed by atoms with van der Waals surface area (Å²) in [5.41, 5.74) is -1.05. The van der Waals surface area contributed by atoms with Crippen molar-refractivity contribution in [2.45, 2.75) is 116 Å². The van der Waals surface area contributed by atoms with E-state index in [2.05, 4.69) is 6.92 Å². The van der Waals surface area contributed by atoms with Crippen LogP contribution < -0.4 is 0 Å². The lowest BCUT2D eigenvalue weighted by molar-refractivity contribution is -0.296. The maximum atomic E-state index is 12.8. The highest BCUT2D eigenvalue weighted by atomic mass is 16.6. The van der Waals surface area contributed by atoms with Gasteiger partial charge in [-0.1, -0.05) is 51.9 Å². The third-order valence-corrected chi connectivity index (χ3v) is 5.24. The molecule has 0 aromatic heterocycles. The van der Waals surface area contributed by atoms with Crippen LogP contribution in [0.25, 0.3) is 0 Å². The minimum absolute atomic E-state index is 0.273. The molecule has 0 bridgehead atoms. The summed E-state index contributed by atoms with van der Waals surface area (Å²) in [6, 6.07) is 0. The Morgan fingerprint density at radius 1 is 0.960 bits per heavy atom. The van der Waals surface area contributed by atoms with Gasteiger partial charge in [-0.05, 0) is 46.0 Å². The van der Waals surface area contributed by atoms with E-state index in [9.17, 15) is 10.0 Å². The fraction of sp³-hybridized carbons (Fsp3) is 0.950. The predicted octanol–water partition coefficient (Wildman–Crippen LogP) is 5.31. The second-order valence-electron chi connectivity index (χ2n) is 8.17. The third kappa shape index (κ3) is 7.63. The highest BCUT2D eigenvalue weighted by molar-refractivity contribution is 5.66. The average Bonchev–Trinajstić information content (AvgIpc) is 2.78. The van der Waals surface area contributed by atoms with Gasteiger partial charge in [0.05, 0.1) is 12.1 Å². The number of hydrogen-bond donors (Lipinski definition) is 1. The van der Waals surface area contributed by atoms with Crippen molar-refractivity contribution in [2.75, 3.05) is 6.61 Å². The zero-order valence-corrected chi connectivity index (χ0v) is 16.5. The van der Waals surface area contributed by atoms with Gasteiger partial charge in [0, 0.05) is 6.42 Å². The van der Waals surface area contributed by atoms with Crippen molar-refractivity contribution >= 4 is 5.97 Å². The number of ether oxygens (including phenoxy) is 1. The lowest BCUT2D eigenvalue weighted by Crippen LogP contribution is -2.49. The summed E-state index contributed by atoms with van der Waals surface area (Å²) in [7, 11) is 0. The monoisotopic (exact) mass is 356 g/mol. The molecular formula is C20H38NO4. The summed E-state index contributed by atoms with van der Waals surface area (Å²) in [5, 5.41) is 22.7. The maximum absolute atomic E-state index is 12.8. The molecule has 1 heterocycles. The molecule has 0 spiro atoms. The van der Waals surface area contributed by atoms with Crippen molar-refractivity contribution in [3.05, 3.63) is 0 Å². The number of nitrogens with zero attached hydrogens (tertiary/aromatic N) is 1. The van der Waals surface area contributed by atoms with Gasteiger partial charge < -0.3 is 9.84 Å². The summed E-state index contributed by atoms with van der Waals surface area (Å²) >= 11 is 0. The molecule has 1 radical (unpaired) electrons. The van der Waals surface area contributed by atoms with E-state index in [1.54, 1.807) is 0 Å². The van der Waals surface area contributed by atoms with Crippen molar-refractivity contribution in [3.63, 3.8) is 0 Å². The number of hydroxylamine groups is 2. The molecule has 1 atom stereocenters. The van der Waals surface area contributed by atoms with Gasteiger partial charge in [-0.25, -0.2) is 0 Å². The van der Waals surface area contributed by atoms with Crippen molar-refractivity contribution in [1.82, 2.24) is 5.06 Å². The Morgan fingerprint density at radius 3 is 1.96 bits per heavy atom. The van der Waals surface area contributed by atoms with Gasteiger partial charge in [0.15, 0.2) is 0 Å². The Morgan fingerprint density at radius 2 is 1.48 bits per heavy atom. The Bertz CT molecular complexity index is 386. The SMILES string of the molecule is CCCCCCC1(CCCCCCCCC(=O)O)OCC(C)(C)N1[O]. The van der Waals surface area contributed by atoms with Crippen molar-refractivity contribution in [1.29, 1.82) is 0 Å². The number of rotatable bonds is 14. The smallest absolute Gasteiger partial charge is 0.303 e. The summed E-state index contributed by atoms with van der Waals surface area (Å²) in [5.74, 6) is -0.707. The first-order chi connectivity index (χ1) is 11.8. The van der Waals surface area contributed by atoms with Gasteiger partial charge in [0.2, 0.25) is 0 Å². The van der Waals surface area contributed by atoms with Crippen LogP contribution in [-0.2, 0) is 14.7 Å². The third-order valence-electron chi connectivity index (χ3n) is 5.24. The molecule has 0 aromatic carbocycles. The van der Waals surface area contributed by atoms with Gasteiger partial charge >= 0.3 is 5.97 Å². The van der Waals surface area contributed by atoms with Crippen LogP contribution in [0.4, 0.5) is 0 Å². The number of carboxylic acids is 1.